The molecule has 1 heterocycles. The molecule has 1 aromatic heterocycles. The van der Waals surface area contributed by atoms with Gasteiger partial charge in [-0.15, -0.1) is 0 Å². The molecule has 0 fully saturated rings. The lowest BCUT2D eigenvalue weighted by Gasteiger charge is -2.04. The molecule has 1 amide bonds. The minimum absolute atomic E-state index is 0.210. The molecular formula is C17H14ClFN2O. The number of rotatable bonds is 4. The molecule has 22 heavy (non-hydrogen) atoms. The quantitative estimate of drug-likeness (QED) is 0.752. The smallest absolute Gasteiger partial charge is 0.267 e. The maximum Gasteiger partial charge on any atom is 0.267 e. The van der Waals surface area contributed by atoms with Crippen LogP contribution >= 0.6 is 11.6 Å². The van der Waals surface area contributed by atoms with Crippen molar-refractivity contribution in [3.05, 3.63) is 70.6 Å². The topological polar surface area (TPSA) is 44.9 Å². The summed E-state index contributed by atoms with van der Waals surface area (Å²) in [5, 5.41) is 4.32. The average molecular weight is 317 g/mol. The molecule has 3 aromatic rings. The van der Waals surface area contributed by atoms with E-state index in [0.29, 0.717) is 29.2 Å². The standard InChI is InChI=1S/C17H14ClFN2O/c18-13-3-1-2-11(8-13)6-7-20-17(22)16-9-12-4-5-14(19)10-15(12)21-16/h1-5,8-10,21H,6-7H2,(H,20,22). The first kappa shape index (κ1) is 14.6. The number of aromatic amines is 1. The molecule has 0 spiro atoms. The summed E-state index contributed by atoms with van der Waals surface area (Å²) in [5.74, 6) is -0.541. The van der Waals surface area contributed by atoms with Gasteiger partial charge in [0.1, 0.15) is 11.5 Å². The second kappa shape index (κ2) is 6.20. The van der Waals surface area contributed by atoms with Gasteiger partial charge in [-0.05, 0) is 48.4 Å². The highest BCUT2D eigenvalue weighted by Crippen LogP contribution is 2.16. The van der Waals surface area contributed by atoms with Crippen LogP contribution < -0.4 is 5.32 Å². The minimum atomic E-state index is -0.331. The summed E-state index contributed by atoms with van der Waals surface area (Å²) < 4.78 is 13.1. The van der Waals surface area contributed by atoms with Crippen LogP contribution in [0.1, 0.15) is 16.1 Å². The predicted molar refractivity (Wildman–Crippen MR) is 85.7 cm³/mol. The van der Waals surface area contributed by atoms with E-state index in [4.69, 9.17) is 11.6 Å². The highest BCUT2D eigenvalue weighted by atomic mass is 35.5. The maximum atomic E-state index is 13.1. The van der Waals surface area contributed by atoms with Crippen molar-refractivity contribution in [1.82, 2.24) is 10.3 Å². The van der Waals surface area contributed by atoms with E-state index in [0.717, 1.165) is 10.9 Å². The fourth-order valence-electron chi connectivity index (χ4n) is 2.33. The Bertz CT molecular complexity index is 828. The average Bonchev–Trinajstić information content (AvgIpc) is 2.90. The van der Waals surface area contributed by atoms with Crippen LogP contribution in [0.15, 0.2) is 48.5 Å². The number of amides is 1. The number of benzene rings is 2. The summed E-state index contributed by atoms with van der Waals surface area (Å²) >= 11 is 5.92. The van der Waals surface area contributed by atoms with E-state index in [2.05, 4.69) is 10.3 Å². The molecule has 3 nitrogen and oxygen atoms in total. The van der Waals surface area contributed by atoms with Crippen LogP contribution in [0.25, 0.3) is 10.9 Å². The van der Waals surface area contributed by atoms with Gasteiger partial charge in [0.05, 0.1) is 0 Å². The number of hydrogen-bond acceptors (Lipinski definition) is 1. The molecule has 0 aliphatic rings. The first-order valence-corrected chi connectivity index (χ1v) is 7.30. The van der Waals surface area contributed by atoms with Crippen molar-refractivity contribution in [1.29, 1.82) is 0 Å². The zero-order chi connectivity index (χ0) is 15.5. The molecule has 112 valence electrons. The van der Waals surface area contributed by atoms with E-state index in [1.807, 2.05) is 24.3 Å². The molecule has 0 aliphatic carbocycles. The second-order valence-electron chi connectivity index (χ2n) is 5.05. The van der Waals surface area contributed by atoms with Crippen molar-refractivity contribution >= 4 is 28.4 Å². The van der Waals surface area contributed by atoms with Crippen LogP contribution in [0, 0.1) is 5.82 Å². The lowest BCUT2D eigenvalue weighted by molar-refractivity contribution is 0.0950. The van der Waals surface area contributed by atoms with Crippen LogP contribution in [0.5, 0.6) is 0 Å². The van der Waals surface area contributed by atoms with E-state index in [1.165, 1.54) is 12.1 Å². The summed E-state index contributed by atoms with van der Waals surface area (Å²) in [7, 11) is 0. The Balaban J connectivity index is 1.63. The minimum Gasteiger partial charge on any atom is -0.350 e. The highest BCUT2D eigenvalue weighted by molar-refractivity contribution is 6.30. The van der Waals surface area contributed by atoms with Gasteiger partial charge in [-0.3, -0.25) is 4.79 Å². The van der Waals surface area contributed by atoms with Gasteiger partial charge in [0, 0.05) is 22.5 Å². The van der Waals surface area contributed by atoms with Crippen LogP contribution in [0.4, 0.5) is 4.39 Å². The van der Waals surface area contributed by atoms with Crippen molar-refractivity contribution in [2.75, 3.05) is 6.54 Å². The zero-order valence-corrected chi connectivity index (χ0v) is 12.5. The maximum absolute atomic E-state index is 13.1. The molecule has 0 bridgehead atoms. The normalized spacial score (nSPS) is 10.8. The van der Waals surface area contributed by atoms with Gasteiger partial charge < -0.3 is 10.3 Å². The number of fused-ring (bicyclic) bond motifs is 1. The highest BCUT2D eigenvalue weighted by Gasteiger charge is 2.09. The molecule has 0 radical (unpaired) electrons. The van der Waals surface area contributed by atoms with Gasteiger partial charge in [0.15, 0.2) is 0 Å². The largest absolute Gasteiger partial charge is 0.350 e. The number of H-pyrrole nitrogens is 1. The van der Waals surface area contributed by atoms with Crippen molar-refractivity contribution < 1.29 is 9.18 Å². The SMILES string of the molecule is O=C(NCCc1cccc(Cl)c1)c1cc2ccc(F)cc2[nH]1. The monoisotopic (exact) mass is 316 g/mol. The molecule has 0 saturated carbocycles. The Hall–Kier alpha value is -2.33. The summed E-state index contributed by atoms with van der Waals surface area (Å²) in [6.07, 6.45) is 0.696. The number of halogens is 2. The molecule has 2 N–H and O–H groups in total. The van der Waals surface area contributed by atoms with Crippen molar-refractivity contribution in [3.63, 3.8) is 0 Å². The first-order valence-electron chi connectivity index (χ1n) is 6.93. The molecule has 2 aromatic carbocycles. The summed E-state index contributed by atoms with van der Waals surface area (Å²) in [5.41, 5.74) is 2.10. The third-order valence-corrected chi connectivity index (χ3v) is 3.65. The molecule has 0 unspecified atom stereocenters. The van der Waals surface area contributed by atoms with E-state index < -0.39 is 0 Å². The third kappa shape index (κ3) is 3.28. The number of hydrogen-bond donors (Lipinski definition) is 2. The molecule has 0 atom stereocenters. The van der Waals surface area contributed by atoms with Gasteiger partial charge in [0.2, 0.25) is 0 Å². The lowest BCUT2D eigenvalue weighted by Crippen LogP contribution is -2.25. The van der Waals surface area contributed by atoms with Gasteiger partial charge in [-0.25, -0.2) is 4.39 Å². The Labute approximate surface area is 132 Å². The second-order valence-corrected chi connectivity index (χ2v) is 5.49. The van der Waals surface area contributed by atoms with E-state index >= 15 is 0 Å². The molecule has 0 saturated heterocycles. The molecule has 5 heteroatoms. The summed E-state index contributed by atoms with van der Waals surface area (Å²) in [4.78, 5) is 15.0. The summed E-state index contributed by atoms with van der Waals surface area (Å²) in [6, 6.07) is 13.6. The third-order valence-electron chi connectivity index (χ3n) is 3.42. The van der Waals surface area contributed by atoms with E-state index in [9.17, 15) is 9.18 Å². The van der Waals surface area contributed by atoms with Crippen LogP contribution in [0.2, 0.25) is 5.02 Å². The summed E-state index contributed by atoms with van der Waals surface area (Å²) in [6.45, 7) is 0.503. The molecule has 3 rings (SSSR count). The first-order chi connectivity index (χ1) is 10.6. The van der Waals surface area contributed by atoms with Gasteiger partial charge >= 0.3 is 0 Å². The van der Waals surface area contributed by atoms with E-state index in [-0.39, 0.29) is 11.7 Å². The fourth-order valence-corrected chi connectivity index (χ4v) is 2.54. The van der Waals surface area contributed by atoms with E-state index in [1.54, 1.807) is 12.1 Å². The predicted octanol–water partition coefficient (Wildman–Crippen LogP) is 3.93. The van der Waals surface area contributed by atoms with Crippen LogP contribution in [-0.2, 0) is 6.42 Å². The Morgan fingerprint density at radius 1 is 1.18 bits per heavy atom. The van der Waals surface area contributed by atoms with Gasteiger partial charge in [0.25, 0.3) is 5.91 Å². The Morgan fingerprint density at radius 3 is 2.86 bits per heavy atom. The zero-order valence-electron chi connectivity index (χ0n) is 11.7. The van der Waals surface area contributed by atoms with Crippen LogP contribution in [-0.4, -0.2) is 17.4 Å². The van der Waals surface area contributed by atoms with Gasteiger partial charge in [-0.2, -0.15) is 0 Å². The van der Waals surface area contributed by atoms with Crippen molar-refractivity contribution in [2.24, 2.45) is 0 Å². The van der Waals surface area contributed by atoms with Crippen molar-refractivity contribution in [3.8, 4) is 0 Å². The molecular weight excluding hydrogens is 303 g/mol. The Morgan fingerprint density at radius 2 is 2.05 bits per heavy atom. The number of nitrogens with one attached hydrogen (secondary N) is 2. The number of aromatic nitrogens is 1. The molecule has 0 aliphatic heterocycles. The lowest BCUT2D eigenvalue weighted by atomic mass is 10.1. The van der Waals surface area contributed by atoms with Crippen molar-refractivity contribution in [2.45, 2.75) is 6.42 Å². The number of carbonyl (C=O) groups excluding carboxylic acids is 1. The Kier molecular flexibility index (Phi) is 4.11. The number of carbonyl (C=O) groups is 1. The van der Waals surface area contributed by atoms with Crippen LogP contribution in [0.3, 0.4) is 0 Å². The van der Waals surface area contributed by atoms with Gasteiger partial charge in [-0.1, -0.05) is 23.7 Å². The fraction of sp³-hybridized carbons (Fsp3) is 0.118.